The molecule has 0 radical (unpaired) electrons. The van der Waals surface area contributed by atoms with Gasteiger partial charge in [0.1, 0.15) is 5.75 Å². The van der Waals surface area contributed by atoms with Crippen molar-refractivity contribution in [3.05, 3.63) is 29.8 Å². The van der Waals surface area contributed by atoms with Crippen molar-refractivity contribution in [2.45, 2.75) is 26.7 Å². The lowest BCUT2D eigenvalue weighted by atomic mass is 10.1. The summed E-state index contributed by atoms with van der Waals surface area (Å²) in [6, 6.07) is 7.75. The van der Waals surface area contributed by atoms with Gasteiger partial charge in [0, 0.05) is 20.0 Å². The van der Waals surface area contributed by atoms with Gasteiger partial charge < -0.3 is 14.7 Å². The number of amides is 1. The highest BCUT2D eigenvalue weighted by Crippen LogP contribution is 2.12. The van der Waals surface area contributed by atoms with Crippen LogP contribution >= 0.6 is 0 Å². The van der Waals surface area contributed by atoms with E-state index in [1.807, 2.05) is 31.2 Å². The summed E-state index contributed by atoms with van der Waals surface area (Å²) in [6.07, 6.45) is 0.965. The lowest BCUT2D eigenvalue weighted by Gasteiger charge is -2.19. The maximum atomic E-state index is 11.8. The molecule has 1 rings (SSSR count). The van der Waals surface area contributed by atoms with E-state index in [0.717, 1.165) is 5.75 Å². The third-order valence-corrected chi connectivity index (χ3v) is 3.22. The highest BCUT2D eigenvalue weighted by atomic mass is 16.5. The van der Waals surface area contributed by atoms with Gasteiger partial charge in [-0.05, 0) is 25.5 Å². The molecule has 5 heteroatoms. The Balaban J connectivity index is 2.24. The molecule has 0 fully saturated rings. The molecule has 1 amide bonds. The van der Waals surface area contributed by atoms with Gasteiger partial charge in [0.15, 0.2) is 0 Å². The van der Waals surface area contributed by atoms with Gasteiger partial charge in [-0.15, -0.1) is 0 Å². The second kappa shape index (κ2) is 8.29. The number of aryl methyl sites for hydroxylation is 1. The van der Waals surface area contributed by atoms with E-state index in [0.29, 0.717) is 19.4 Å². The Bertz CT molecular complexity index is 470. The number of hydrogen-bond donors (Lipinski definition) is 1. The third kappa shape index (κ3) is 6.29. The van der Waals surface area contributed by atoms with Crippen molar-refractivity contribution >= 4 is 11.9 Å². The number of carboxylic acid groups (broad SMARTS) is 1. The average molecular weight is 293 g/mol. The molecular weight excluding hydrogens is 270 g/mol. The molecule has 0 aromatic heterocycles. The minimum Gasteiger partial charge on any atom is -0.494 e. The second-order valence-corrected chi connectivity index (χ2v) is 5.28. The van der Waals surface area contributed by atoms with Crippen LogP contribution in [0.2, 0.25) is 0 Å². The molecule has 0 saturated carbocycles. The van der Waals surface area contributed by atoms with E-state index in [1.165, 1.54) is 10.5 Å². The molecule has 1 aromatic carbocycles. The summed E-state index contributed by atoms with van der Waals surface area (Å²) in [6.45, 7) is 4.30. The van der Waals surface area contributed by atoms with Crippen LogP contribution in [0.3, 0.4) is 0 Å². The Hall–Kier alpha value is -2.04. The summed E-state index contributed by atoms with van der Waals surface area (Å²) in [5, 5.41) is 8.81. The molecule has 5 nitrogen and oxygen atoms in total. The molecule has 1 N–H and O–H groups in total. The zero-order valence-electron chi connectivity index (χ0n) is 12.8. The van der Waals surface area contributed by atoms with Crippen LogP contribution in [0.5, 0.6) is 5.75 Å². The van der Waals surface area contributed by atoms with Gasteiger partial charge in [0.05, 0.1) is 12.5 Å². The number of hydrogen-bond acceptors (Lipinski definition) is 3. The second-order valence-electron chi connectivity index (χ2n) is 5.28. The summed E-state index contributed by atoms with van der Waals surface area (Å²) in [7, 11) is 1.63. The van der Waals surface area contributed by atoms with E-state index >= 15 is 0 Å². The smallest absolute Gasteiger partial charge is 0.308 e. The minimum atomic E-state index is -0.891. The predicted molar refractivity (Wildman–Crippen MR) is 80.3 cm³/mol. The fraction of sp³-hybridized carbons (Fsp3) is 0.500. The Morgan fingerprint density at radius 2 is 1.90 bits per heavy atom. The average Bonchev–Trinajstić information content (AvgIpc) is 2.44. The van der Waals surface area contributed by atoms with E-state index in [9.17, 15) is 9.59 Å². The normalized spacial score (nSPS) is 11.8. The van der Waals surface area contributed by atoms with Gasteiger partial charge >= 0.3 is 5.97 Å². The van der Waals surface area contributed by atoms with Gasteiger partial charge in [-0.2, -0.15) is 0 Å². The number of carbonyl (C=O) groups excluding carboxylic acids is 1. The van der Waals surface area contributed by atoms with Crippen molar-refractivity contribution < 1.29 is 19.4 Å². The molecule has 0 aliphatic rings. The maximum absolute atomic E-state index is 11.8. The first kappa shape index (κ1) is 17.0. The fourth-order valence-electron chi connectivity index (χ4n) is 1.83. The lowest BCUT2D eigenvalue weighted by molar-refractivity contribution is -0.142. The first-order chi connectivity index (χ1) is 9.90. The van der Waals surface area contributed by atoms with E-state index in [-0.39, 0.29) is 12.5 Å². The highest BCUT2D eigenvalue weighted by molar-refractivity contribution is 5.77. The van der Waals surface area contributed by atoms with Crippen LogP contribution in [0.15, 0.2) is 24.3 Å². The first-order valence-electron chi connectivity index (χ1n) is 7.06. The summed E-state index contributed by atoms with van der Waals surface area (Å²) < 4.78 is 5.55. The third-order valence-electron chi connectivity index (χ3n) is 3.22. The van der Waals surface area contributed by atoms with Crippen LogP contribution in [-0.4, -0.2) is 42.1 Å². The molecule has 0 aliphatic carbocycles. The van der Waals surface area contributed by atoms with E-state index in [1.54, 1.807) is 14.0 Å². The quantitative estimate of drug-likeness (QED) is 0.747. The van der Waals surface area contributed by atoms with Crippen molar-refractivity contribution in [1.82, 2.24) is 4.90 Å². The van der Waals surface area contributed by atoms with Gasteiger partial charge in [0.25, 0.3) is 0 Å². The number of nitrogens with zero attached hydrogens (tertiary/aromatic N) is 1. The summed E-state index contributed by atoms with van der Waals surface area (Å²) >= 11 is 0. The Kier molecular flexibility index (Phi) is 6.72. The molecule has 0 spiro atoms. The monoisotopic (exact) mass is 293 g/mol. The molecular formula is C16H23NO4. The number of carbonyl (C=O) groups is 2. The van der Waals surface area contributed by atoms with Crippen LogP contribution < -0.4 is 4.74 Å². The van der Waals surface area contributed by atoms with Crippen molar-refractivity contribution in [3.63, 3.8) is 0 Å². The maximum Gasteiger partial charge on any atom is 0.308 e. The Labute approximate surface area is 125 Å². The largest absolute Gasteiger partial charge is 0.494 e. The van der Waals surface area contributed by atoms with Crippen molar-refractivity contribution in [3.8, 4) is 5.75 Å². The van der Waals surface area contributed by atoms with Gasteiger partial charge in [-0.3, -0.25) is 9.59 Å². The van der Waals surface area contributed by atoms with Crippen molar-refractivity contribution in [2.24, 2.45) is 5.92 Å². The van der Waals surface area contributed by atoms with E-state index < -0.39 is 11.9 Å². The van der Waals surface area contributed by atoms with Crippen LogP contribution in [0.1, 0.15) is 25.3 Å². The number of carboxylic acids is 1. The zero-order valence-corrected chi connectivity index (χ0v) is 12.8. The van der Waals surface area contributed by atoms with Crippen LogP contribution in [0, 0.1) is 12.8 Å². The standard InChI is InChI=1S/C16H23NO4/c1-12-6-8-14(9-7-12)21-10-4-5-15(18)17(3)11-13(2)16(19)20/h6-9,13H,4-5,10-11H2,1-3H3,(H,19,20). The Morgan fingerprint density at radius 3 is 2.48 bits per heavy atom. The summed E-state index contributed by atoms with van der Waals surface area (Å²) in [5.74, 6) is -0.711. The number of benzene rings is 1. The summed E-state index contributed by atoms with van der Waals surface area (Å²) in [4.78, 5) is 24.0. The Morgan fingerprint density at radius 1 is 1.29 bits per heavy atom. The fourth-order valence-corrected chi connectivity index (χ4v) is 1.83. The molecule has 0 aliphatic heterocycles. The van der Waals surface area contributed by atoms with E-state index in [4.69, 9.17) is 9.84 Å². The van der Waals surface area contributed by atoms with Gasteiger partial charge in [-0.1, -0.05) is 24.6 Å². The van der Waals surface area contributed by atoms with Crippen LogP contribution in [0.4, 0.5) is 0 Å². The van der Waals surface area contributed by atoms with Gasteiger partial charge in [-0.25, -0.2) is 0 Å². The number of ether oxygens (including phenoxy) is 1. The highest BCUT2D eigenvalue weighted by Gasteiger charge is 2.16. The number of rotatable bonds is 8. The predicted octanol–water partition coefficient (Wildman–Crippen LogP) is 2.33. The topological polar surface area (TPSA) is 66.8 Å². The van der Waals surface area contributed by atoms with Crippen LogP contribution in [-0.2, 0) is 9.59 Å². The number of aliphatic carboxylic acids is 1. The molecule has 1 unspecified atom stereocenters. The molecule has 0 heterocycles. The molecule has 116 valence electrons. The van der Waals surface area contributed by atoms with Crippen LogP contribution in [0.25, 0.3) is 0 Å². The molecule has 0 bridgehead atoms. The molecule has 1 atom stereocenters. The summed E-state index contributed by atoms with van der Waals surface area (Å²) in [5.41, 5.74) is 1.17. The molecule has 21 heavy (non-hydrogen) atoms. The minimum absolute atomic E-state index is 0.0596. The van der Waals surface area contributed by atoms with Gasteiger partial charge in [0.2, 0.25) is 5.91 Å². The SMILES string of the molecule is Cc1ccc(OCCCC(=O)N(C)CC(C)C(=O)O)cc1. The van der Waals surface area contributed by atoms with Crippen molar-refractivity contribution in [1.29, 1.82) is 0 Å². The van der Waals surface area contributed by atoms with E-state index in [2.05, 4.69) is 0 Å². The zero-order chi connectivity index (χ0) is 15.8. The first-order valence-corrected chi connectivity index (χ1v) is 7.06. The lowest BCUT2D eigenvalue weighted by Crippen LogP contribution is -2.33. The van der Waals surface area contributed by atoms with Crippen molar-refractivity contribution in [2.75, 3.05) is 20.2 Å². The molecule has 0 saturated heterocycles. The molecule has 1 aromatic rings.